The van der Waals surface area contributed by atoms with Gasteiger partial charge in [0.05, 0.1) is 24.3 Å². The van der Waals surface area contributed by atoms with Crippen molar-refractivity contribution < 1.29 is 9.90 Å². The van der Waals surface area contributed by atoms with Crippen molar-refractivity contribution in [1.82, 2.24) is 4.90 Å². The summed E-state index contributed by atoms with van der Waals surface area (Å²) in [5, 5.41) is 9.88. The molecule has 0 radical (unpaired) electrons. The van der Waals surface area contributed by atoms with Crippen LogP contribution in [0.3, 0.4) is 0 Å². The van der Waals surface area contributed by atoms with Gasteiger partial charge in [0.1, 0.15) is 0 Å². The monoisotopic (exact) mass is 234 g/mol. The lowest BCUT2D eigenvalue weighted by Gasteiger charge is -2.46. The Morgan fingerprint density at radius 1 is 1.53 bits per heavy atom. The molecule has 1 heterocycles. The summed E-state index contributed by atoms with van der Waals surface area (Å²) in [7, 11) is 0. The average molecular weight is 234 g/mol. The average Bonchev–Trinajstić information content (AvgIpc) is 2.28. The SMILES string of the molecule is CCC1(O)CN(C(=O)c2cccc(C)c2N)C1. The number of aliphatic hydroxyl groups is 1. The third kappa shape index (κ3) is 2.00. The number of nitrogen functional groups attached to an aromatic ring is 1. The highest BCUT2D eigenvalue weighted by Gasteiger charge is 2.42. The van der Waals surface area contributed by atoms with Crippen molar-refractivity contribution in [1.29, 1.82) is 0 Å². The van der Waals surface area contributed by atoms with E-state index >= 15 is 0 Å². The summed E-state index contributed by atoms with van der Waals surface area (Å²) < 4.78 is 0. The highest BCUT2D eigenvalue weighted by Crippen LogP contribution is 2.27. The number of hydrogen-bond donors (Lipinski definition) is 2. The molecule has 1 amide bonds. The van der Waals surface area contributed by atoms with Crippen LogP contribution in [0.1, 0.15) is 29.3 Å². The number of benzene rings is 1. The third-order valence-corrected chi connectivity index (χ3v) is 3.47. The predicted molar refractivity (Wildman–Crippen MR) is 66.7 cm³/mol. The highest BCUT2D eigenvalue weighted by atomic mass is 16.3. The second-order valence-corrected chi connectivity index (χ2v) is 4.78. The molecule has 0 bridgehead atoms. The number of hydrogen-bond acceptors (Lipinski definition) is 3. The van der Waals surface area contributed by atoms with Crippen LogP contribution in [0.5, 0.6) is 0 Å². The minimum atomic E-state index is -0.700. The summed E-state index contributed by atoms with van der Waals surface area (Å²) in [6.45, 7) is 4.60. The number of carbonyl (C=O) groups excluding carboxylic acids is 1. The first kappa shape index (κ1) is 11.9. The number of aryl methyl sites for hydroxylation is 1. The molecule has 1 aromatic rings. The number of amides is 1. The number of carbonyl (C=O) groups is 1. The van der Waals surface area contributed by atoms with E-state index in [2.05, 4.69) is 0 Å². The van der Waals surface area contributed by atoms with Crippen molar-refractivity contribution in [2.75, 3.05) is 18.8 Å². The van der Waals surface area contributed by atoms with Crippen molar-refractivity contribution in [2.24, 2.45) is 0 Å². The molecule has 0 saturated carbocycles. The van der Waals surface area contributed by atoms with E-state index in [0.717, 1.165) is 5.56 Å². The summed E-state index contributed by atoms with van der Waals surface area (Å²) in [5.41, 5.74) is 7.16. The third-order valence-electron chi connectivity index (χ3n) is 3.47. The van der Waals surface area contributed by atoms with Crippen LogP contribution >= 0.6 is 0 Å². The zero-order valence-electron chi connectivity index (χ0n) is 10.2. The maximum Gasteiger partial charge on any atom is 0.256 e. The number of nitrogens with zero attached hydrogens (tertiary/aromatic N) is 1. The first-order valence-electron chi connectivity index (χ1n) is 5.83. The topological polar surface area (TPSA) is 66.6 Å². The molecule has 17 heavy (non-hydrogen) atoms. The largest absolute Gasteiger partial charge is 0.398 e. The Kier molecular flexibility index (Phi) is 2.83. The zero-order valence-corrected chi connectivity index (χ0v) is 10.2. The molecule has 92 valence electrons. The molecule has 0 aliphatic carbocycles. The highest BCUT2D eigenvalue weighted by molar-refractivity contribution is 6.00. The molecule has 0 aromatic heterocycles. The van der Waals surface area contributed by atoms with E-state index < -0.39 is 5.60 Å². The molecule has 2 rings (SSSR count). The molecule has 1 aromatic carbocycles. The fraction of sp³-hybridized carbons (Fsp3) is 0.462. The van der Waals surface area contributed by atoms with Gasteiger partial charge in [-0.25, -0.2) is 0 Å². The van der Waals surface area contributed by atoms with Gasteiger partial charge >= 0.3 is 0 Å². The quantitative estimate of drug-likeness (QED) is 0.755. The Labute approximate surface area is 101 Å². The fourth-order valence-corrected chi connectivity index (χ4v) is 2.07. The lowest BCUT2D eigenvalue weighted by Crippen LogP contribution is -2.63. The van der Waals surface area contributed by atoms with Crippen LogP contribution in [0.2, 0.25) is 0 Å². The van der Waals surface area contributed by atoms with Gasteiger partial charge in [-0.2, -0.15) is 0 Å². The Balaban J connectivity index is 2.15. The summed E-state index contributed by atoms with van der Waals surface area (Å²) in [6.07, 6.45) is 0.667. The van der Waals surface area contributed by atoms with Crippen LogP contribution in [-0.2, 0) is 0 Å². The first-order chi connectivity index (χ1) is 7.97. The smallest absolute Gasteiger partial charge is 0.256 e. The Morgan fingerprint density at radius 2 is 2.18 bits per heavy atom. The van der Waals surface area contributed by atoms with Crippen LogP contribution in [-0.4, -0.2) is 34.6 Å². The molecule has 1 saturated heterocycles. The summed E-state index contributed by atoms with van der Waals surface area (Å²) in [4.78, 5) is 13.8. The van der Waals surface area contributed by atoms with E-state index in [4.69, 9.17) is 5.73 Å². The molecule has 0 spiro atoms. The van der Waals surface area contributed by atoms with E-state index in [1.165, 1.54) is 0 Å². The zero-order chi connectivity index (χ0) is 12.6. The van der Waals surface area contributed by atoms with Crippen molar-refractivity contribution in [3.63, 3.8) is 0 Å². The number of anilines is 1. The van der Waals surface area contributed by atoms with E-state index in [9.17, 15) is 9.90 Å². The van der Waals surface area contributed by atoms with Gasteiger partial charge in [0.15, 0.2) is 0 Å². The van der Waals surface area contributed by atoms with Gasteiger partial charge in [0.2, 0.25) is 0 Å². The van der Waals surface area contributed by atoms with E-state index in [1.54, 1.807) is 11.0 Å². The van der Waals surface area contributed by atoms with Gasteiger partial charge in [0, 0.05) is 5.69 Å². The second kappa shape index (κ2) is 4.04. The van der Waals surface area contributed by atoms with Gasteiger partial charge < -0.3 is 15.7 Å². The lowest BCUT2D eigenvalue weighted by atomic mass is 9.90. The lowest BCUT2D eigenvalue weighted by molar-refractivity contribution is -0.0826. The minimum absolute atomic E-state index is 0.0932. The number of β-amino-alcohol motifs (C(OH)–C–C–N with tert-alkyl or cyclic N) is 1. The summed E-state index contributed by atoms with van der Waals surface area (Å²) in [6, 6.07) is 5.43. The molecule has 1 fully saturated rings. The molecule has 1 aliphatic rings. The van der Waals surface area contributed by atoms with Crippen molar-refractivity contribution >= 4 is 11.6 Å². The van der Waals surface area contributed by atoms with Gasteiger partial charge in [0.25, 0.3) is 5.91 Å². The fourth-order valence-electron chi connectivity index (χ4n) is 2.07. The van der Waals surface area contributed by atoms with Crippen LogP contribution in [0.25, 0.3) is 0 Å². The number of rotatable bonds is 2. The first-order valence-corrected chi connectivity index (χ1v) is 5.83. The van der Waals surface area contributed by atoms with Gasteiger partial charge in [-0.3, -0.25) is 4.79 Å². The number of nitrogens with two attached hydrogens (primary N) is 1. The van der Waals surface area contributed by atoms with Crippen molar-refractivity contribution in [2.45, 2.75) is 25.9 Å². The number of likely N-dealkylation sites (tertiary alicyclic amines) is 1. The molecule has 0 unspecified atom stereocenters. The van der Waals surface area contributed by atoms with E-state index in [1.807, 2.05) is 26.0 Å². The Morgan fingerprint density at radius 3 is 2.76 bits per heavy atom. The van der Waals surface area contributed by atoms with Crippen LogP contribution in [0.15, 0.2) is 18.2 Å². The molecule has 3 N–H and O–H groups in total. The maximum atomic E-state index is 12.1. The van der Waals surface area contributed by atoms with Gasteiger partial charge in [-0.1, -0.05) is 19.1 Å². The van der Waals surface area contributed by atoms with Gasteiger partial charge in [-0.05, 0) is 25.0 Å². The maximum absolute atomic E-state index is 12.1. The van der Waals surface area contributed by atoms with Crippen molar-refractivity contribution in [3.05, 3.63) is 29.3 Å². The Bertz CT molecular complexity index is 451. The van der Waals surface area contributed by atoms with Crippen molar-refractivity contribution in [3.8, 4) is 0 Å². The molecular formula is C13H18N2O2. The molecule has 1 aliphatic heterocycles. The standard InChI is InChI=1S/C13H18N2O2/c1-3-13(17)7-15(8-13)12(16)10-6-4-5-9(2)11(10)14/h4-6,17H,3,7-8,14H2,1-2H3. The molecule has 4 heteroatoms. The van der Waals surface area contributed by atoms with Crippen LogP contribution < -0.4 is 5.73 Å². The minimum Gasteiger partial charge on any atom is -0.398 e. The van der Waals surface area contributed by atoms with Crippen LogP contribution in [0.4, 0.5) is 5.69 Å². The summed E-state index contributed by atoms with van der Waals surface area (Å²) in [5.74, 6) is -0.0932. The predicted octanol–water partition coefficient (Wildman–Crippen LogP) is 1.17. The molecule has 0 atom stereocenters. The Hall–Kier alpha value is -1.55. The van der Waals surface area contributed by atoms with Crippen LogP contribution in [0, 0.1) is 6.92 Å². The van der Waals surface area contributed by atoms with E-state index in [0.29, 0.717) is 30.8 Å². The second-order valence-electron chi connectivity index (χ2n) is 4.78. The summed E-state index contributed by atoms with van der Waals surface area (Å²) >= 11 is 0. The van der Waals surface area contributed by atoms with E-state index in [-0.39, 0.29) is 5.91 Å². The normalized spacial score (nSPS) is 17.7. The molecular weight excluding hydrogens is 216 g/mol. The molecule has 4 nitrogen and oxygen atoms in total. The van der Waals surface area contributed by atoms with Gasteiger partial charge in [-0.15, -0.1) is 0 Å². The number of para-hydroxylation sites is 1.